The lowest BCUT2D eigenvalue weighted by Gasteiger charge is -2.32. The number of carbonyl (C=O) groups is 2. The van der Waals surface area contributed by atoms with Crippen molar-refractivity contribution in [1.29, 1.82) is 0 Å². The van der Waals surface area contributed by atoms with E-state index in [-0.39, 0.29) is 5.78 Å². The molecule has 0 spiro atoms. The molecule has 0 aromatic heterocycles. The number of amides is 1. The molecular formula is C31H44N2O4. The van der Waals surface area contributed by atoms with Crippen LogP contribution in [0, 0.1) is 5.92 Å². The molecule has 0 radical (unpaired) electrons. The summed E-state index contributed by atoms with van der Waals surface area (Å²) in [4.78, 5) is 28.8. The van der Waals surface area contributed by atoms with Crippen molar-refractivity contribution in [3.63, 3.8) is 0 Å². The smallest absolute Gasteiger partial charge is 0.410 e. The van der Waals surface area contributed by atoms with Gasteiger partial charge in [0.15, 0.2) is 5.78 Å². The number of nitrogens with zero attached hydrogens (tertiary/aromatic N) is 2. The molecule has 1 fully saturated rings. The van der Waals surface area contributed by atoms with Gasteiger partial charge in [-0.15, -0.1) is 0 Å². The largest absolute Gasteiger partial charge is 0.444 e. The average Bonchev–Trinajstić information content (AvgIpc) is 2.87. The average molecular weight is 509 g/mol. The van der Waals surface area contributed by atoms with E-state index in [1.165, 1.54) is 23.3 Å². The standard InChI is InChI=1S/C31H44N2O4/c1-31(2,3)37-30(36)32(4)20-19-29(35)27-15-13-26(14-16-27)28(34)12-8-11-24-17-21-33(22-18-24)23-25-9-6-5-7-10-25/h5-7,9-10,13-16,24,29,35H,8,11-12,17-23H2,1-4H3. The fourth-order valence-corrected chi connectivity index (χ4v) is 4.78. The van der Waals surface area contributed by atoms with E-state index >= 15 is 0 Å². The Bertz CT molecular complexity index is 977. The summed E-state index contributed by atoms with van der Waals surface area (Å²) in [6, 6.07) is 17.9. The second-order valence-electron chi connectivity index (χ2n) is 11.3. The maximum Gasteiger partial charge on any atom is 0.410 e. The summed E-state index contributed by atoms with van der Waals surface area (Å²) < 4.78 is 5.34. The Kier molecular flexibility index (Phi) is 10.7. The summed E-state index contributed by atoms with van der Waals surface area (Å²) in [6.07, 6.45) is 4.28. The fourth-order valence-electron chi connectivity index (χ4n) is 4.78. The normalized spacial score (nSPS) is 15.8. The lowest BCUT2D eigenvalue weighted by molar-refractivity contribution is 0.0273. The highest BCUT2D eigenvalue weighted by atomic mass is 16.6. The number of carbonyl (C=O) groups excluding carboxylic acids is 2. The third-order valence-electron chi connectivity index (χ3n) is 7.03. The number of ketones is 1. The third-order valence-corrected chi connectivity index (χ3v) is 7.03. The second kappa shape index (κ2) is 13.7. The predicted octanol–water partition coefficient (Wildman–Crippen LogP) is 6.24. The molecule has 37 heavy (non-hydrogen) atoms. The zero-order valence-corrected chi connectivity index (χ0v) is 23.0. The summed E-state index contributed by atoms with van der Waals surface area (Å²) in [7, 11) is 1.66. The van der Waals surface area contributed by atoms with Gasteiger partial charge in [0.05, 0.1) is 6.10 Å². The van der Waals surface area contributed by atoms with Crippen LogP contribution in [-0.4, -0.2) is 59.1 Å². The zero-order valence-electron chi connectivity index (χ0n) is 23.0. The van der Waals surface area contributed by atoms with Crippen molar-refractivity contribution in [3.05, 3.63) is 71.3 Å². The number of rotatable bonds is 11. The first kappa shape index (κ1) is 28.9. The van der Waals surface area contributed by atoms with Gasteiger partial charge < -0.3 is 14.7 Å². The van der Waals surface area contributed by atoms with Crippen molar-refractivity contribution in [3.8, 4) is 0 Å². The van der Waals surface area contributed by atoms with Gasteiger partial charge in [-0.05, 0) is 83.0 Å². The van der Waals surface area contributed by atoms with Crippen molar-refractivity contribution >= 4 is 11.9 Å². The van der Waals surface area contributed by atoms with Gasteiger partial charge in [0.1, 0.15) is 5.60 Å². The molecule has 202 valence electrons. The first-order chi connectivity index (χ1) is 17.6. The number of likely N-dealkylation sites (tertiary alicyclic amines) is 1. The molecule has 1 heterocycles. The van der Waals surface area contributed by atoms with Crippen molar-refractivity contribution in [2.75, 3.05) is 26.7 Å². The minimum Gasteiger partial charge on any atom is -0.444 e. The molecule has 0 bridgehead atoms. The van der Waals surface area contributed by atoms with E-state index in [1.807, 2.05) is 32.9 Å². The highest BCUT2D eigenvalue weighted by molar-refractivity contribution is 5.96. The van der Waals surface area contributed by atoms with Crippen LogP contribution in [0.15, 0.2) is 54.6 Å². The van der Waals surface area contributed by atoms with Gasteiger partial charge in [0.2, 0.25) is 0 Å². The molecule has 0 saturated carbocycles. The maximum atomic E-state index is 12.7. The molecule has 2 aromatic rings. The number of Topliss-reactive ketones (excluding diaryl/α,β-unsaturated/α-hetero) is 1. The Balaban J connectivity index is 1.34. The number of benzene rings is 2. The zero-order chi connectivity index (χ0) is 26.8. The van der Waals surface area contributed by atoms with Crippen molar-refractivity contribution in [2.45, 2.75) is 77.5 Å². The lowest BCUT2D eigenvalue weighted by atomic mass is 9.90. The molecule has 6 heteroatoms. The van der Waals surface area contributed by atoms with Crippen LogP contribution in [0.3, 0.4) is 0 Å². The molecule has 1 unspecified atom stereocenters. The van der Waals surface area contributed by atoms with Crippen LogP contribution in [0.2, 0.25) is 0 Å². The molecule has 1 atom stereocenters. The number of aliphatic hydroxyl groups excluding tert-OH is 1. The highest BCUT2D eigenvalue weighted by Gasteiger charge is 2.21. The minimum atomic E-state index is -0.707. The SMILES string of the molecule is CN(CCC(O)c1ccc(C(=O)CCCC2CCN(Cc3ccccc3)CC2)cc1)C(=O)OC(C)(C)C. The number of hydrogen-bond donors (Lipinski definition) is 1. The number of ether oxygens (including phenoxy) is 1. The molecule has 1 saturated heterocycles. The lowest BCUT2D eigenvalue weighted by Crippen LogP contribution is -2.35. The van der Waals surface area contributed by atoms with E-state index in [2.05, 4.69) is 35.2 Å². The Morgan fingerprint density at radius 3 is 2.32 bits per heavy atom. The maximum absolute atomic E-state index is 12.7. The van der Waals surface area contributed by atoms with E-state index in [0.29, 0.717) is 30.9 Å². The molecule has 1 N–H and O–H groups in total. The van der Waals surface area contributed by atoms with Gasteiger partial charge in [0.25, 0.3) is 0 Å². The van der Waals surface area contributed by atoms with Crippen LogP contribution >= 0.6 is 0 Å². The molecule has 1 amide bonds. The molecule has 6 nitrogen and oxygen atoms in total. The van der Waals surface area contributed by atoms with E-state index in [4.69, 9.17) is 4.74 Å². The van der Waals surface area contributed by atoms with E-state index in [0.717, 1.165) is 38.0 Å². The van der Waals surface area contributed by atoms with Crippen molar-refractivity contribution < 1.29 is 19.4 Å². The summed E-state index contributed by atoms with van der Waals surface area (Å²) in [6.45, 7) is 9.14. The van der Waals surface area contributed by atoms with E-state index in [1.54, 1.807) is 19.2 Å². The number of aliphatic hydroxyl groups is 1. The molecule has 3 rings (SSSR count). The Morgan fingerprint density at radius 2 is 1.70 bits per heavy atom. The third kappa shape index (κ3) is 9.94. The second-order valence-corrected chi connectivity index (χ2v) is 11.3. The van der Waals surface area contributed by atoms with Crippen LogP contribution in [0.25, 0.3) is 0 Å². The molecule has 1 aliphatic rings. The van der Waals surface area contributed by atoms with Gasteiger partial charge in [-0.25, -0.2) is 4.79 Å². The van der Waals surface area contributed by atoms with Crippen LogP contribution < -0.4 is 0 Å². The predicted molar refractivity (Wildman–Crippen MR) is 148 cm³/mol. The summed E-state index contributed by atoms with van der Waals surface area (Å²) in [5.74, 6) is 0.864. The van der Waals surface area contributed by atoms with Crippen molar-refractivity contribution in [2.24, 2.45) is 5.92 Å². The van der Waals surface area contributed by atoms with Crippen LogP contribution in [-0.2, 0) is 11.3 Å². The number of hydrogen-bond acceptors (Lipinski definition) is 5. The molecule has 1 aliphatic heterocycles. The Labute approximate surface area is 222 Å². The summed E-state index contributed by atoms with van der Waals surface area (Å²) in [5, 5.41) is 10.5. The fraction of sp³-hybridized carbons (Fsp3) is 0.548. The van der Waals surface area contributed by atoms with Gasteiger partial charge >= 0.3 is 6.09 Å². The van der Waals surface area contributed by atoms with Gasteiger partial charge in [-0.1, -0.05) is 54.6 Å². The Morgan fingerprint density at radius 1 is 1.05 bits per heavy atom. The molecular weight excluding hydrogens is 464 g/mol. The van der Waals surface area contributed by atoms with E-state index < -0.39 is 17.8 Å². The summed E-state index contributed by atoms with van der Waals surface area (Å²) >= 11 is 0. The van der Waals surface area contributed by atoms with Gasteiger partial charge in [0, 0.05) is 32.1 Å². The van der Waals surface area contributed by atoms with Crippen LogP contribution in [0.4, 0.5) is 4.79 Å². The molecule has 2 aromatic carbocycles. The highest BCUT2D eigenvalue weighted by Crippen LogP contribution is 2.25. The van der Waals surface area contributed by atoms with Gasteiger partial charge in [-0.3, -0.25) is 9.69 Å². The van der Waals surface area contributed by atoms with Crippen molar-refractivity contribution in [1.82, 2.24) is 9.80 Å². The topological polar surface area (TPSA) is 70.1 Å². The monoisotopic (exact) mass is 508 g/mol. The first-order valence-electron chi connectivity index (χ1n) is 13.6. The Hall–Kier alpha value is -2.70. The summed E-state index contributed by atoms with van der Waals surface area (Å²) in [5.41, 5.74) is 2.26. The molecule has 0 aliphatic carbocycles. The van der Waals surface area contributed by atoms with E-state index in [9.17, 15) is 14.7 Å². The van der Waals surface area contributed by atoms with Crippen LogP contribution in [0.5, 0.6) is 0 Å². The first-order valence-corrected chi connectivity index (χ1v) is 13.6. The number of piperidine rings is 1. The quantitative estimate of drug-likeness (QED) is 0.364. The van der Waals surface area contributed by atoms with Crippen LogP contribution in [0.1, 0.15) is 86.9 Å². The van der Waals surface area contributed by atoms with Gasteiger partial charge in [-0.2, -0.15) is 0 Å². The minimum absolute atomic E-state index is 0.159.